The number of hydrogen-bond donors (Lipinski definition) is 1. The van der Waals surface area contributed by atoms with E-state index in [4.69, 9.17) is 4.74 Å². The first-order valence-electron chi connectivity index (χ1n) is 9.01. The van der Waals surface area contributed by atoms with Gasteiger partial charge in [0.1, 0.15) is 5.75 Å². The number of carbonyl (C=O) groups is 2. The van der Waals surface area contributed by atoms with Crippen LogP contribution in [0.3, 0.4) is 0 Å². The Morgan fingerprint density at radius 3 is 2.70 bits per heavy atom. The third-order valence-electron chi connectivity index (χ3n) is 4.67. The monoisotopic (exact) mass is 367 g/mol. The van der Waals surface area contributed by atoms with Gasteiger partial charge in [-0.3, -0.25) is 14.5 Å². The van der Waals surface area contributed by atoms with E-state index in [-0.39, 0.29) is 30.8 Å². The van der Waals surface area contributed by atoms with Crippen LogP contribution in [0.1, 0.15) is 18.9 Å². The molecule has 1 aliphatic heterocycles. The van der Waals surface area contributed by atoms with Gasteiger partial charge in [0.2, 0.25) is 11.8 Å². The van der Waals surface area contributed by atoms with Gasteiger partial charge in [0.05, 0.1) is 25.0 Å². The number of amides is 2. The van der Waals surface area contributed by atoms with Gasteiger partial charge < -0.3 is 15.0 Å². The number of para-hydroxylation sites is 3. The van der Waals surface area contributed by atoms with Gasteiger partial charge in [-0.05, 0) is 32.2 Å². The molecule has 0 unspecified atom stereocenters. The Kier molecular flexibility index (Phi) is 5.76. The number of benzene rings is 2. The minimum Gasteiger partial charge on any atom is -0.496 e. The summed E-state index contributed by atoms with van der Waals surface area (Å²) in [5, 5.41) is 2.88. The zero-order chi connectivity index (χ0) is 19.4. The summed E-state index contributed by atoms with van der Waals surface area (Å²) in [5.74, 6) is 0.691. The molecular formula is C21H25N3O3. The Bertz CT molecular complexity index is 837. The van der Waals surface area contributed by atoms with E-state index in [1.807, 2.05) is 67.4 Å². The van der Waals surface area contributed by atoms with Crippen molar-refractivity contribution in [1.82, 2.24) is 4.90 Å². The molecule has 0 spiro atoms. The van der Waals surface area contributed by atoms with Crippen molar-refractivity contribution in [3.63, 3.8) is 0 Å². The molecule has 0 saturated heterocycles. The van der Waals surface area contributed by atoms with Crippen LogP contribution in [0.25, 0.3) is 0 Å². The smallest absolute Gasteiger partial charge is 0.241 e. The van der Waals surface area contributed by atoms with Crippen LogP contribution >= 0.6 is 0 Å². The Morgan fingerprint density at radius 1 is 1.22 bits per heavy atom. The number of nitrogens with zero attached hydrogens (tertiary/aromatic N) is 2. The molecule has 1 aliphatic rings. The first kappa shape index (κ1) is 18.9. The van der Waals surface area contributed by atoms with Crippen LogP contribution in [0, 0.1) is 0 Å². The number of hydrogen-bond acceptors (Lipinski definition) is 4. The van der Waals surface area contributed by atoms with Gasteiger partial charge in [0, 0.05) is 24.6 Å². The number of carbonyl (C=O) groups excluding carboxylic acids is 2. The van der Waals surface area contributed by atoms with Gasteiger partial charge in [-0.15, -0.1) is 0 Å². The molecule has 1 heterocycles. The molecule has 0 fully saturated rings. The fraction of sp³-hybridized carbons (Fsp3) is 0.333. The highest BCUT2D eigenvalue weighted by molar-refractivity contribution is 6.04. The normalized spacial score (nSPS) is 16.5. The fourth-order valence-electron chi connectivity index (χ4n) is 3.46. The second kappa shape index (κ2) is 8.22. The van der Waals surface area contributed by atoms with Crippen LogP contribution in [0.4, 0.5) is 11.4 Å². The molecule has 0 aliphatic carbocycles. The molecule has 2 aromatic carbocycles. The van der Waals surface area contributed by atoms with Crippen LogP contribution in [-0.4, -0.2) is 43.5 Å². The van der Waals surface area contributed by atoms with Crippen LogP contribution in [0.5, 0.6) is 5.75 Å². The quantitative estimate of drug-likeness (QED) is 0.883. The van der Waals surface area contributed by atoms with Crippen molar-refractivity contribution < 1.29 is 14.3 Å². The molecule has 6 heteroatoms. The molecule has 1 N–H and O–H groups in total. The van der Waals surface area contributed by atoms with Crippen molar-refractivity contribution in [3.8, 4) is 5.75 Å². The predicted octanol–water partition coefficient (Wildman–Crippen LogP) is 2.89. The second-order valence-corrected chi connectivity index (χ2v) is 6.87. The number of ether oxygens (including phenoxy) is 1. The third kappa shape index (κ3) is 4.28. The lowest BCUT2D eigenvalue weighted by Gasteiger charge is -2.30. The molecule has 0 aromatic heterocycles. The Labute approximate surface area is 159 Å². The molecule has 27 heavy (non-hydrogen) atoms. The topological polar surface area (TPSA) is 61.9 Å². The highest BCUT2D eigenvalue weighted by Crippen LogP contribution is 2.31. The van der Waals surface area contributed by atoms with Gasteiger partial charge in [-0.25, -0.2) is 0 Å². The van der Waals surface area contributed by atoms with Crippen molar-refractivity contribution >= 4 is 23.2 Å². The second-order valence-electron chi connectivity index (χ2n) is 6.87. The molecule has 0 bridgehead atoms. The number of methoxy groups -OCH3 is 1. The summed E-state index contributed by atoms with van der Waals surface area (Å²) in [7, 11) is 3.55. The van der Waals surface area contributed by atoms with Crippen molar-refractivity contribution in [2.24, 2.45) is 0 Å². The van der Waals surface area contributed by atoms with Crippen molar-refractivity contribution in [2.75, 3.05) is 30.9 Å². The van der Waals surface area contributed by atoms with E-state index in [2.05, 4.69) is 5.32 Å². The van der Waals surface area contributed by atoms with Crippen LogP contribution in [0.15, 0.2) is 48.5 Å². The Morgan fingerprint density at radius 2 is 1.93 bits per heavy atom. The molecular weight excluding hydrogens is 342 g/mol. The zero-order valence-electron chi connectivity index (χ0n) is 15.9. The summed E-state index contributed by atoms with van der Waals surface area (Å²) in [4.78, 5) is 28.9. The molecule has 1 atom stereocenters. The predicted molar refractivity (Wildman–Crippen MR) is 106 cm³/mol. The fourth-order valence-corrected chi connectivity index (χ4v) is 3.46. The number of fused-ring (bicyclic) bond motifs is 1. The van der Waals surface area contributed by atoms with Crippen LogP contribution in [0.2, 0.25) is 0 Å². The average Bonchev–Trinajstić information content (AvgIpc) is 2.76. The first-order valence-corrected chi connectivity index (χ1v) is 9.01. The van der Waals surface area contributed by atoms with E-state index in [0.717, 1.165) is 17.0 Å². The summed E-state index contributed by atoms with van der Waals surface area (Å²) in [5.41, 5.74) is 2.44. The molecule has 2 aromatic rings. The third-order valence-corrected chi connectivity index (χ3v) is 4.67. The summed E-state index contributed by atoms with van der Waals surface area (Å²) in [6, 6.07) is 15.0. The summed E-state index contributed by atoms with van der Waals surface area (Å²) >= 11 is 0. The molecule has 0 radical (unpaired) electrons. The lowest BCUT2D eigenvalue weighted by molar-refractivity contribution is -0.120. The van der Waals surface area contributed by atoms with Gasteiger partial charge in [-0.2, -0.15) is 0 Å². The number of rotatable bonds is 5. The number of nitrogens with one attached hydrogen (secondary N) is 1. The zero-order valence-corrected chi connectivity index (χ0v) is 15.9. The van der Waals surface area contributed by atoms with E-state index in [9.17, 15) is 9.59 Å². The summed E-state index contributed by atoms with van der Waals surface area (Å²) < 4.78 is 5.39. The van der Waals surface area contributed by atoms with E-state index >= 15 is 0 Å². The van der Waals surface area contributed by atoms with E-state index < -0.39 is 0 Å². The standard InChI is InChI=1S/C21H25N3O3/c1-15-12-20(25)22-17-9-5-6-10-18(17)24(15)21(26)14-23(2)13-16-8-4-7-11-19(16)27-3/h4-11,15H,12-14H2,1-3H3,(H,22,25)/t15-/m0/s1. The lowest BCUT2D eigenvalue weighted by atomic mass is 10.1. The highest BCUT2D eigenvalue weighted by atomic mass is 16.5. The van der Waals surface area contributed by atoms with Gasteiger partial charge in [0.15, 0.2) is 0 Å². The van der Waals surface area contributed by atoms with E-state index in [1.165, 1.54) is 0 Å². The lowest BCUT2D eigenvalue weighted by Crippen LogP contribution is -2.44. The SMILES string of the molecule is COc1ccccc1CN(C)CC(=O)N1c2ccccc2NC(=O)C[C@@H]1C. The molecule has 2 amide bonds. The first-order chi connectivity index (χ1) is 13.0. The number of anilines is 2. The average molecular weight is 367 g/mol. The minimum absolute atomic E-state index is 0.0381. The van der Waals surface area contributed by atoms with Gasteiger partial charge in [-0.1, -0.05) is 30.3 Å². The summed E-state index contributed by atoms with van der Waals surface area (Å²) in [6.07, 6.45) is 0.274. The molecule has 6 nitrogen and oxygen atoms in total. The van der Waals surface area contributed by atoms with E-state index in [1.54, 1.807) is 12.0 Å². The Hall–Kier alpha value is -2.86. The van der Waals surface area contributed by atoms with Crippen molar-refractivity contribution in [2.45, 2.75) is 25.9 Å². The van der Waals surface area contributed by atoms with Crippen LogP contribution in [-0.2, 0) is 16.1 Å². The number of likely N-dealkylation sites (N-methyl/N-ethyl adjacent to an activating group) is 1. The van der Waals surface area contributed by atoms with Gasteiger partial charge >= 0.3 is 0 Å². The van der Waals surface area contributed by atoms with Gasteiger partial charge in [0.25, 0.3) is 0 Å². The largest absolute Gasteiger partial charge is 0.496 e. The maximum Gasteiger partial charge on any atom is 0.241 e. The molecule has 142 valence electrons. The Balaban J connectivity index is 1.77. The maximum absolute atomic E-state index is 13.1. The molecule has 0 saturated carbocycles. The highest BCUT2D eigenvalue weighted by Gasteiger charge is 2.29. The minimum atomic E-state index is -0.208. The van der Waals surface area contributed by atoms with Crippen molar-refractivity contribution in [1.29, 1.82) is 0 Å². The van der Waals surface area contributed by atoms with E-state index in [0.29, 0.717) is 12.2 Å². The van der Waals surface area contributed by atoms with Crippen molar-refractivity contribution in [3.05, 3.63) is 54.1 Å². The summed E-state index contributed by atoms with van der Waals surface area (Å²) in [6.45, 7) is 2.74. The van der Waals surface area contributed by atoms with Crippen LogP contribution < -0.4 is 15.0 Å². The molecule has 3 rings (SSSR count). The maximum atomic E-state index is 13.1.